The zero-order chi connectivity index (χ0) is 26.7. The third-order valence-corrected chi connectivity index (χ3v) is 6.77. The molecule has 0 aliphatic heterocycles. The van der Waals surface area contributed by atoms with Crippen molar-refractivity contribution in [1.82, 2.24) is 24.9 Å². The summed E-state index contributed by atoms with van der Waals surface area (Å²) in [5.74, 6) is 1.92. The van der Waals surface area contributed by atoms with Gasteiger partial charge in [0.25, 0.3) is 0 Å². The molecule has 0 N–H and O–H groups in total. The standard InChI is InChI=1S/C35H23N5/c1-3-10-25(11-4-1)33-38-34(26-12-5-2-6-13-26)40-35(39-33)27-20-18-24(19-21-27)31-16-9-17-32(37-31)29-22-28-14-7-8-15-30(28)36-23-29/h1-23H. The van der Waals surface area contributed by atoms with Gasteiger partial charge in [-0.25, -0.2) is 19.9 Å². The third-order valence-electron chi connectivity index (χ3n) is 6.77. The lowest BCUT2D eigenvalue weighted by molar-refractivity contribution is 1.07. The molecule has 5 nitrogen and oxygen atoms in total. The van der Waals surface area contributed by atoms with E-state index in [1.165, 1.54) is 0 Å². The SMILES string of the molecule is c1ccc(-c2nc(-c3ccccc3)nc(-c3ccc(-c4cccc(-c5cnc6ccccc6c5)n4)cc3)n2)cc1. The maximum atomic E-state index is 4.95. The van der Waals surface area contributed by atoms with Gasteiger partial charge in [-0.1, -0.05) is 109 Å². The van der Waals surface area contributed by atoms with E-state index in [-0.39, 0.29) is 0 Å². The molecule has 0 atom stereocenters. The van der Waals surface area contributed by atoms with E-state index in [2.05, 4.69) is 29.2 Å². The van der Waals surface area contributed by atoms with Crippen LogP contribution in [0, 0.1) is 0 Å². The Labute approximate surface area is 231 Å². The molecule has 0 spiro atoms. The van der Waals surface area contributed by atoms with E-state index in [0.717, 1.165) is 50.1 Å². The highest BCUT2D eigenvalue weighted by Gasteiger charge is 2.13. The van der Waals surface area contributed by atoms with Gasteiger partial charge >= 0.3 is 0 Å². The number of benzene rings is 4. The third kappa shape index (κ3) is 4.72. The molecule has 0 bridgehead atoms. The normalized spacial score (nSPS) is 11.0. The van der Waals surface area contributed by atoms with E-state index in [0.29, 0.717) is 17.5 Å². The number of rotatable bonds is 5. The molecule has 3 aromatic heterocycles. The van der Waals surface area contributed by atoms with Crippen molar-refractivity contribution < 1.29 is 0 Å². The predicted molar refractivity (Wildman–Crippen MR) is 160 cm³/mol. The number of hydrogen-bond acceptors (Lipinski definition) is 5. The lowest BCUT2D eigenvalue weighted by Crippen LogP contribution is -2.00. The molecule has 40 heavy (non-hydrogen) atoms. The zero-order valence-corrected chi connectivity index (χ0v) is 21.5. The summed E-state index contributed by atoms with van der Waals surface area (Å²) in [5.41, 5.74) is 7.56. The summed E-state index contributed by atoms with van der Waals surface area (Å²) >= 11 is 0. The topological polar surface area (TPSA) is 64.5 Å². The summed E-state index contributed by atoms with van der Waals surface area (Å²) in [5, 5.41) is 1.10. The highest BCUT2D eigenvalue weighted by molar-refractivity contribution is 5.83. The molecule has 7 rings (SSSR count). The summed E-state index contributed by atoms with van der Waals surface area (Å²) in [4.78, 5) is 24.0. The molecule has 0 radical (unpaired) electrons. The lowest BCUT2D eigenvalue weighted by atomic mass is 10.1. The van der Waals surface area contributed by atoms with Gasteiger partial charge in [0.2, 0.25) is 0 Å². The molecule has 7 aromatic rings. The zero-order valence-electron chi connectivity index (χ0n) is 21.5. The minimum Gasteiger partial charge on any atom is -0.256 e. The first-order chi connectivity index (χ1) is 19.8. The van der Waals surface area contributed by atoms with Crippen LogP contribution in [0.25, 0.3) is 67.6 Å². The van der Waals surface area contributed by atoms with Crippen molar-refractivity contribution in [1.29, 1.82) is 0 Å². The second-order valence-electron chi connectivity index (χ2n) is 9.44. The van der Waals surface area contributed by atoms with Gasteiger partial charge in [-0.2, -0.15) is 0 Å². The van der Waals surface area contributed by atoms with Crippen LogP contribution >= 0.6 is 0 Å². The number of hydrogen-bond donors (Lipinski definition) is 0. The molecule has 0 aliphatic carbocycles. The summed E-state index contributed by atoms with van der Waals surface area (Å²) < 4.78 is 0. The van der Waals surface area contributed by atoms with Crippen LogP contribution in [-0.4, -0.2) is 24.9 Å². The average Bonchev–Trinajstić information content (AvgIpc) is 3.05. The van der Waals surface area contributed by atoms with Gasteiger partial charge in [-0.05, 0) is 24.3 Å². The molecule has 4 aromatic carbocycles. The van der Waals surface area contributed by atoms with Crippen molar-refractivity contribution in [3.05, 3.63) is 140 Å². The summed E-state index contributed by atoms with van der Waals surface area (Å²) in [6.07, 6.45) is 1.88. The number of fused-ring (bicyclic) bond motifs is 1. The number of para-hydroxylation sites is 1. The quantitative estimate of drug-likeness (QED) is 0.232. The Hall–Kier alpha value is -5.55. The van der Waals surface area contributed by atoms with Crippen molar-refractivity contribution in [3.63, 3.8) is 0 Å². The Morgan fingerprint density at radius 3 is 1.48 bits per heavy atom. The molecule has 0 fully saturated rings. The Balaban J connectivity index is 1.24. The predicted octanol–water partition coefficient (Wildman–Crippen LogP) is 8.15. The van der Waals surface area contributed by atoms with Crippen molar-refractivity contribution in [3.8, 4) is 56.7 Å². The smallest absolute Gasteiger partial charge is 0.164 e. The first-order valence-corrected chi connectivity index (χ1v) is 13.1. The van der Waals surface area contributed by atoms with Crippen LogP contribution in [0.1, 0.15) is 0 Å². The van der Waals surface area contributed by atoms with Crippen molar-refractivity contribution in [2.75, 3.05) is 0 Å². The molecular weight excluding hydrogens is 490 g/mol. The molecule has 0 unspecified atom stereocenters. The monoisotopic (exact) mass is 513 g/mol. The molecule has 0 saturated heterocycles. The van der Waals surface area contributed by atoms with Crippen LogP contribution in [0.15, 0.2) is 140 Å². The molecule has 3 heterocycles. The van der Waals surface area contributed by atoms with Gasteiger partial charge in [0.1, 0.15) is 0 Å². The molecule has 0 amide bonds. The molecule has 5 heteroatoms. The number of pyridine rings is 2. The fourth-order valence-corrected chi connectivity index (χ4v) is 4.70. The summed E-state index contributed by atoms with van der Waals surface area (Å²) in [7, 11) is 0. The Bertz CT molecular complexity index is 1880. The first kappa shape index (κ1) is 23.6. The Morgan fingerprint density at radius 2 is 0.850 bits per heavy atom. The van der Waals surface area contributed by atoms with Crippen LogP contribution in [0.5, 0.6) is 0 Å². The first-order valence-electron chi connectivity index (χ1n) is 13.1. The van der Waals surface area contributed by atoms with E-state index in [1.807, 2.05) is 115 Å². The lowest BCUT2D eigenvalue weighted by Gasteiger charge is -2.09. The van der Waals surface area contributed by atoms with Crippen LogP contribution in [0.3, 0.4) is 0 Å². The van der Waals surface area contributed by atoms with E-state index in [4.69, 9.17) is 19.9 Å². The van der Waals surface area contributed by atoms with Gasteiger partial charge in [-0.3, -0.25) is 4.98 Å². The second-order valence-corrected chi connectivity index (χ2v) is 9.44. The highest BCUT2D eigenvalue weighted by atomic mass is 15.0. The van der Waals surface area contributed by atoms with E-state index in [9.17, 15) is 0 Å². The highest BCUT2D eigenvalue weighted by Crippen LogP contribution is 2.28. The van der Waals surface area contributed by atoms with Crippen LogP contribution < -0.4 is 0 Å². The Morgan fingerprint density at radius 1 is 0.350 bits per heavy atom. The van der Waals surface area contributed by atoms with Crippen LogP contribution in [-0.2, 0) is 0 Å². The van der Waals surface area contributed by atoms with Gasteiger partial charge in [0.05, 0.1) is 16.9 Å². The minimum absolute atomic E-state index is 0.628. The molecule has 0 saturated carbocycles. The number of aromatic nitrogens is 5. The van der Waals surface area contributed by atoms with Gasteiger partial charge in [0.15, 0.2) is 17.5 Å². The van der Waals surface area contributed by atoms with E-state index in [1.54, 1.807) is 0 Å². The van der Waals surface area contributed by atoms with Crippen LogP contribution in [0.2, 0.25) is 0 Å². The van der Waals surface area contributed by atoms with E-state index < -0.39 is 0 Å². The van der Waals surface area contributed by atoms with E-state index >= 15 is 0 Å². The fourth-order valence-electron chi connectivity index (χ4n) is 4.70. The number of nitrogens with zero attached hydrogens (tertiary/aromatic N) is 5. The van der Waals surface area contributed by atoms with Crippen molar-refractivity contribution in [2.24, 2.45) is 0 Å². The van der Waals surface area contributed by atoms with Gasteiger partial charge < -0.3 is 0 Å². The second kappa shape index (κ2) is 10.3. The maximum Gasteiger partial charge on any atom is 0.164 e. The van der Waals surface area contributed by atoms with Gasteiger partial charge in [0, 0.05) is 39.4 Å². The fraction of sp³-hybridized carbons (Fsp3) is 0. The molecular formula is C35H23N5. The largest absolute Gasteiger partial charge is 0.256 e. The van der Waals surface area contributed by atoms with Gasteiger partial charge in [-0.15, -0.1) is 0 Å². The molecule has 0 aliphatic rings. The minimum atomic E-state index is 0.628. The Kier molecular flexibility index (Phi) is 6.07. The van der Waals surface area contributed by atoms with Crippen molar-refractivity contribution >= 4 is 10.9 Å². The van der Waals surface area contributed by atoms with Crippen LogP contribution in [0.4, 0.5) is 0 Å². The average molecular weight is 514 g/mol. The molecule has 188 valence electrons. The maximum absolute atomic E-state index is 4.95. The summed E-state index contributed by atoms with van der Waals surface area (Å²) in [6.45, 7) is 0. The van der Waals surface area contributed by atoms with Crippen molar-refractivity contribution in [2.45, 2.75) is 0 Å². The summed E-state index contributed by atoms with van der Waals surface area (Å²) in [6, 6.07) is 44.5.